The van der Waals surface area contributed by atoms with E-state index in [0.29, 0.717) is 13.0 Å². The predicted octanol–water partition coefficient (Wildman–Crippen LogP) is 3.06. The van der Waals surface area contributed by atoms with Crippen LogP contribution in [0, 0.1) is 6.92 Å². The van der Waals surface area contributed by atoms with Gasteiger partial charge in [-0.15, -0.1) is 11.6 Å². The molecule has 1 aromatic rings. The van der Waals surface area contributed by atoms with Gasteiger partial charge in [-0.2, -0.15) is 0 Å². The van der Waals surface area contributed by atoms with Crippen molar-refractivity contribution in [2.24, 2.45) is 0 Å². The van der Waals surface area contributed by atoms with Crippen molar-refractivity contribution in [2.45, 2.75) is 38.5 Å². The van der Waals surface area contributed by atoms with Gasteiger partial charge in [0.15, 0.2) is 0 Å². The van der Waals surface area contributed by atoms with Crippen LogP contribution in [0.5, 0.6) is 0 Å². The van der Waals surface area contributed by atoms with E-state index in [9.17, 15) is 4.79 Å². The molecule has 0 spiro atoms. The Morgan fingerprint density at radius 3 is 2.76 bits per heavy atom. The summed E-state index contributed by atoms with van der Waals surface area (Å²) in [6, 6.07) is 8.17. The summed E-state index contributed by atoms with van der Waals surface area (Å²) in [5, 5.41) is 3.00. The summed E-state index contributed by atoms with van der Waals surface area (Å²) in [7, 11) is 0. The molecule has 17 heavy (non-hydrogen) atoms. The third-order valence-electron chi connectivity index (χ3n) is 2.75. The maximum absolute atomic E-state index is 11.6. The highest BCUT2D eigenvalue weighted by molar-refractivity contribution is 6.20. The van der Waals surface area contributed by atoms with Gasteiger partial charge in [-0.25, -0.2) is 0 Å². The number of hydrogen-bond acceptors (Lipinski definition) is 1. The van der Waals surface area contributed by atoms with Crippen molar-refractivity contribution in [1.82, 2.24) is 5.32 Å². The molecular weight excluding hydrogens is 234 g/mol. The van der Waals surface area contributed by atoms with Gasteiger partial charge < -0.3 is 5.32 Å². The van der Waals surface area contributed by atoms with Gasteiger partial charge >= 0.3 is 0 Å². The molecule has 1 rings (SSSR count). The molecule has 1 unspecified atom stereocenters. The largest absolute Gasteiger partial charge is 0.356 e. The Morgan fingerprint density at radius 1 is 1.41 bits per heavy atom. The number of aryl methyl sites for hydroxylation is 2. The molecular formula is C14H20ClNO. The molecule has 94 valence electrons. The fourth-order valence-electron chi connectivity index (χ4n) is 1.64. The molecule has 0 radical (unpaired) electrons. The van der Waals surface area contributed by atoms with Gasteiger partial charge in [0.2, 0.25) is 5.91 Å². The highest BCUT2D eigenvalue weighted by atomic mass is 35.5. The Kier molecular flexibility index (Phi) is 6.06. The van der Waals surface area contributed by atoms with Gasteiger partial charge in [-0.05, 0) is 37.8 Å². The van der Waals surface area contributed by atoms with Gasteiger partial charge in [0, 0.05) is 18.3 Å². The molecule has 0 fully saturated rings. The molecule has 3 heteroatoms. The van der Waals surface area contributed by atoms with Crippen LogP contribution in [0.15, 0.2) is 24.3 Å². The normalized spacial score (nSPS) is 12.2. The molecule has 0 saturated carbocycles. The van der Waals surface area contributed by atoms with Gasteiger partial charge in [0.05, 0.1) is 0 Å². The Bertz CT molecular complexity index is 363. The monoisotopic (exact) mass is 253 g/mol. The van der Waals surface area contributed by atoms with Crippen LogP contribution in [0.2, 0.25) is 0 Å². The third kappa shape index (κ3) is 5.73. The van der Waals surface area contributed by atoms with E-state index in [0.717, 1.165) is 12.8 Å². The lowest BCUT2D eigenvalue weighted by molar-refractivity contribution is -0.121. The standard InChI is InChI=1S/C14H20ClNO/c1-11-5-3-4-6-13(11)7-8-14(17)16-10-9-12(2)15/h3-6,12H,7-10H2,1-2H3,(H,16,17). The molecule has 2 nitrogen and oxygen atoms in total. The maximum Gasteiger partial charge on any atom is 0.220 e. The van der Waals surface area contributed by atoms with Crippen LogP contribution in [0.25, 0.3) is 0 Å². The number of hydrogen-bond donors (Lipinski definition) is 1. The number of halogens is 1. The second-order valence-corrected chi connectivity index (χ2v) is 5.09. The van der Waals surface area contributed by atoms with E-state index in [2.05, 4.69) is 24.4 Å². The zero-order chi connectivity index (χ0) is 12.7. The highest BCUT2D eigenvalue weighted by Gasteiger charge is 2.04. The quantitative estimate of drug-likeness (QED) is 0.776. The van der Waals surface area contributed by atoms with E-state index in [4.69, 9.17) is 11.6 Å². The molecule has 1 amide bonds. The van der Waals surface area contributed by atoms with E-state index in [1.54, 1.807) is 0 Å². The lowest BCUT2D eigenvalue weighted by Gasteiger charge is -2.07. The minimum absolute atomic E-state index is 0.102. The number of nitrogens with one attached hydrogen (secondary N) is 1. The van der Waals surface area contributed by atoms with Crippen LogP contribution in [0.3, 0.4) is 0 Å². The van der Waals surface area contributed by atoms with Gasteiger partial charge in [0.25, 0.3) is 0 Å². The van der Waals surface area contributed by atoms with Crippen molar-refractivity contribution >= 4 is 17.5 Å². The molecule has 0 aliphatic rings. The number of alkyl halides is 1. The van der Waals surface area contributed by atoms with Crippen molar-refractivity contribution in [2.75, 3.05) is 6.54 Å². The van der Waals surface area contributed by atoms with Crippen LogP contribution in [0.4, 0.5) is 0 Å². The number of rotatable bonds is 6. The first kappa shape index (κ1) is 14.0. The smallest absolute Gasteiger partial charge is 0.220 e. The minimum Gasteiger partial charge on any atom is -0.356 e. The fraction of sp³-hybridized carbons (Fsp3) is 0.500. The van der Waals surface area contributed by atoms with E-state index in [1.807, 2.05) is 19.1 Å². The first-order chi connectivity index (χ1) is 8.09. The zero-order valence-corrected chi connectivity index (χ0v) is 11.3. The summed E-state index contributed by atoms with van der Waals surface area (Å²) in [6.45, 7) is 4.67. The average molecular weight is 254 g/mol. The van der Waals surface area contributed by atoms with E-state index in [-0.39, 0.29) is 11.3 Å². The highest BCUT2D eigenvalue weighted by Crippen LogP contribution is 2.09. The van der Waals surface area contributed by atoms with Crippen LogP contribution in [0.1, 0.15) is 30.9 Å². The van der Waals surface area contributed by atoms with Crippen molar-refractivity contribution in [3.63, 3.8) is 0 Å². The fourth-order valence-corrected chi connectivity index (χ4v) is 1.75. The SMILES string of the molecule is Cc1ccccc1CCC(=O)NCCC(C)Cl. The molecule has 0 aliphatic heterocycles. The average Bonchev–Trinajstić information content (AvgIpc) is 2.27. The Labute approximate surface area is 108 Å². The van der Waals surface area contributed by atoms with Crippen LogP contribution < -0.4 is 5.32 Å². The van der Waals surface area contributed by atoms with E-state index in [1.165, 1.54) is 11.1 Å². The van der Waals surface area contributed by atoms with Crippen molar-refractivity contribution in [3.8, 4) is 0 Å². The third-order valence-corrected chi connectivity index (χ3v) is 2.97. The maximum atomic E-state index is 11.6. The second-order valence-electron chi connectivity index (χ2n) is 4.35. The summed E-state index contributed by atoms with van der Waals surface area (Å²) in [6.07, 6.45) is 2.16. The minimum atomic E-state index is 0.102. The summed E-state index contributed by atoms with van der Waals surface area (Å²) >= 11 is 5.80. The van der Waals surface area contributed by atoms with Crippen molar-refractivity contribution in [1.29, 1.82) is 0 Å². The van der Waals surface area contributed by atoms with Crippen LogP contribution in [-0.2, 0) is 11.2 Å². The molecule has 0 bridgehead atoms. The predicted molar refractivity (Wildman–Crippen MR) is 72.4 cm³/mol. The molecule has 0 aliphatic carbocycles. The molecule has 1 N–H and O–H groups in total. The lowest BCUT2D eigenvalue weighted by atomic mass is 10.0. The number of carbonyl (C=O) groups excluding carboxylic acids is 1. The van der Waals surface area contributed by atoms with Gasteiger partial charge in [0.1, 0.15) is 0 Å². The molecule has 1 atom stereocenters. The Hall–Kier alpha value is -1.02. The summed E-state index contributed by atoms with van der Waals surface area (Å²) in [4.78, 5) is 11.6. The number of benzene rings is 1. The van der Waals surface area contributed by atoms with E-state index < -0.39 is 0 Å². The summed E-state index contributed by atoms with van der Waals surface area (Å²) < 4.78 is 0. The van der Waals surface area contributed by atoms with Crippen LogP contribution >= 0.6 is 11.6 Å². The summed E-state index contributed by atoms with van der Waals surface area (Å²) in [5.41, 5.74) is 2.49. The first-order valence-electron chi connectivity index (χ1n) is 6.05. The van der Waals surface area contributed by atoms with E-state index >= 15 is 0 Å². The second kappa shape index (κ2) is 7.33. The Morgan fingerprint density at radius 2 is 2.12 bits per heavy atom. The first-order valence-corrected chi connectivity index (χ1v) is 6.48. The van der Waals surface area contributed by atoms with Gasteiger partial charge in [-0.3, -0.25) is 4.79 Å². The molecule has 1 aromatic carbocycles. The van der Waals surface area contributed by atoms with Gasteiger partial charge in [-0.1, -0.05) is 24.3 Å². The van der Waals surface area contributed by atoms with Crippen molar-refractivity contribution < 1.29 is 4.79 Å². The molecule has 0 saturated heterocycles. The van der Waals surface area contributed by atoms with Crippen LogP contribution in [-0.4, -0.2) is 17.8 Å². The topological polar surface area (TPSA) is 29.1 Å². The number of carbonyl (C=O) groups is 1. The number of amides is 1. The lowest BCUT2D eigenvalue weighted by Crippen LogP contribution is -2.25. The molecule has 0 aromatic heterocycles. The molecule has 0 heterocycles. The summed E-state index contributed by atoms with van der Waals surface area (Å²) in [5.74, 6) is 0.102. The zero-order valence-electron chi connectivity index (χ0n) is 10.5. The Balaban J connectivity index is 2.26. The van der Waals surface area contributed by atoms with Crippen molar-refractivity contribution in [3.05, 3.63) is 35.4 Å².